The van der Waals surface area contributed by atoms with Gasteiger partial charge in [-0.25, -0.2) is 9.71 Å². The largest absolute Gasteiger partial charge is 0.317 e. The smallest absolute Gasteiger partial charge is 0.279 e. The summed E-state index contributed by atoms with van der Waals surface area (Å²) in [5, 5.41) is 6.19. The van der Waals surface area contributed by atoms with E-state index in [-0.39, 0.29) is 0 Å². The maximum Gasteiger partial charge on any atom is 0.279 e. The van der Waals surface area contributed by atoms with Gasteiger partial charge in [-0.3, -0.25) is 0 Å². The molecule has 0 aromatic carbocycles. The van der Waals surface area contributed by atoms with E-state index >= 15 is 0 Å². The van der Waals surface area contributed by atoms with Crippen molar-refractivity contribution in [1.29, 1.82) is 0 Å². The minimum atomic E-state index is -3.34. The fourth-order valence-electron chi connectivity index (χ4n) is 2.46. The number of thiazole rings is 1. The molecule has 0 spiro atoms. The minimum Gasteiger partial charge on any atom is -0.317 e. The zero-order chi connectivity index (χ0) is 15.1. The van der Waals surface area contributed by atoms with E-state index in [1.54, 1.807) is 21.8 Å². The first-order chi connectivity index (χ1) is 10.1. The fraction of sp³-hybridized carbons (Fsp3) is 0.769. The van der Waals surface area contributed by atoms with Crippen LogP contribution in [-0.4, -0.2) is 50.4 Å². The van der Waals surface area contributed by atoms with E-state index in [0.29, 0.717) is 32.0 Å². The zero-order valence-electron chi connectivity index (χ0n) is 12.4. The van der Waals surface area contributed by atoms with Gasteiger partial charge in [0.15, 0.2) is 0 Å². The molecule has 6 nitrogen and oxygen atoms in total. The van der Waals surface area contributed by atoms with Crippen molar-refractivity contribution in [2.24, 2.45) is 5.92 Å². The van der Waals surface area contributed by atoms with E-state index in [0.717, 1.165) is 30.9 Å². The molecule has 21 heavy (non-hydrogen) atoms. The summed E-state index contributed by atoms with van der Waals surface area (Å²) in [6, 6.07) is 0. The predicted octanol–water partition coefficient (Wildman–Crippen LogP) is 0.841. The third-order valence-electron chi connectivity index (χ3n) is 3.70. The van der Waals surface area contributed by atoms with Gasteiger partial charge in [-0.05, 0) is 31.8 Å². The molecule has 1 aliphatic heterocycles. The van der Waals surface area contributed by atoms with Gasteiger partial charge in [0.05, 0.1) is 5.01 Å². The highest BCUT2D eigenvalue weighted by Gasteiger charge is 2.27. The predicted molar refractivity (Wildman–Crippen MR) is 85.6 cm³/mol. The number of piperidine rings is 1. The summed E-state index contributed by atoms with van der Waals surface area (Å²) in [5.41, 5.74) is 0. The van der Waals surface area contributed by atoms with Crippen LogP contribution in [-0.2, 0) is 16.6 Å². The van der Waals surface area contributed by atoms with Crippen LogP contribution in [0.25, 0.3) is 0 Å². The number of hydrogen-bond donors (Lipinski definition) is 2. The van der Waals surface area contributed by atoms with Gasteiger partial charge in [0.1, 0.15) is 0 Å². The highest BCUT2D eigenvalue weighted by Crippen LogP contribution is 2.18. The second kappa shape index (κ2) is 8.19. The number of nitrogens with one attached hydrogen (secondary N) is 2. The number of hydrogen-bond acceptors (Lipinski definition) is 5. The van der Waals surface area contributed by atoms with Gasteiger partial charge in [-0.1, -0.05) is 6.92 Å². The monoisotopic (exact) mass is 332 g/mol. The summed E-state index contributed by atoms with van der Waals surface area (Å²) in [6.07, 6.45) is 4.25. The summed E-state index contributed by atoms with van der Waals surface area (Å²) in [5.74, 6) is 0.590. The van der Waals surface area contributed by atoms with Crippen LogP contribution in [0.5, 0.6) is 0 Å². The van der Waals surface area contributed by atoms with E-state index in [2.05, 4.69) is 21.9 Å². The molecule has 0 unspecified atom stereocenters. The first-order valence-electron chi connectivity index (χ1n) is 7.45. The van der Waals surface area contributed by atoms with Gasteiger partial charge >= 0.3 is 0 Å². The van der Waals surface area contributed by atoms with Crippen LogP contribution >= 0.6 is 11.3 Å². The fourth-order valence-corrected chi connectivity index (χ4v) is 4.31. The molecule has 2 rings (SSSR count). The lowest BCUT2D eigenvalue weighted by Crippen LogP contribution is -2.46. The Kier molecular flexibility index (Phi) is 6.56. The van der Waals surface area contributed by atoms with Crippen molar-refractivity contribution in [1.82, 2.24) is 19.3 Å². The molecule has 0 amide bonds. The van der Waals surface area contributed by atoms with Crippen molar-refractivity contribution in [2.75, 3.05) is 32.7 Å². The van der Waals surface area contributed by atoms with Crippen molar-refractivity contribution >= 4 is 21.5 Å². The van der Waals surface area contributed by atoms with Crippen LogP contribution in [0, 0.1) is 5.92 Å². The van der Waals surface area contributed by atoms with Crippen LogP contribution in [0.4, 0.5) is 0 Å². The number of aromatic nitrogens is 1. The third-order valence-corrected chi connectivity index (χ3v) is 6.16. The van der Waals surface area contributed by atoms with Crippen molar-refractivity contribution < 1.29 is 8.42 Å². The average molecular weight is 332 g/mol. The van der Waals surface area contributed by atoms with Crippen LogP contribution in [0.2, 0.25) is 0 Å². The molecule has 2 heterocycles. The van der Waals surface area contributed by atoms with Crippen molar-refractivity contribution in [2.45, 2.75) is 26.2 Å². The Bertz CT molecular complexity index is 496. The quantitative estimate of drug-likeness (QED) is 0.740. The zero-order valence-corrected chi connectivity index (χ0v) is 14.0. The standard InChI is InChI=1S/C13H24N4O2S2/c1-2-14-11-12-4-8-17(9-5-12)21(18,19)16-6-3-13-15-7-10-20-13/h7,10,12,14,16H,2-6,8-9,11H2,1H3. The summed E-state index contributed by atoms with van der Waals surface area (Å²) < 4.78 is 28.7. The number of rotatable bonds is 8. The molecule has 8 heteroatoms. The molecule has 2 N–H and O–H groups in total. The maximum absolute atomic E-state index is 12.2. The van der Waals surface area contributed by atoms with E-state index in [9.17, 15) is 8.42 Å². The van der Waals surface area contributed by atoms with Gasteiger partial charge in [0, 0.05) is 37.6 Å². The van der Waals surface area contributed by atoms with Gasteiger partial charge in [0.2, 0.25) is 0 Å². The lowest BCUT2D eigenvalue weighted by Gasteiger charge is -2.31. The highest BCUT2D eigenvalue weighted by atomic mass is 32.2. The van der Waals surface area contributed by atoms with E-state index < -0.39 is 10.2 Å². The highest BCUT2D eigenvalue weighted by molar-refractivity contribution is 7.87. The lowest BCUT2D eigenvalue weighted by atomic mass is 9.98. The van der Waals surface area contributed by atoms with Crippen LogP contribution in [0.3, 0.4) is 0 Å². The maximum atomic E-state index is 12.2. The van der Waals surface area contributed by atoms with Crippen LogP contribution < -0.4 is 10.0 Å². The Morgan fingerprint density at radius 2 is 2.19 bits per heavy atom. The van der Waals surface area contributed by atoms with E-state index in [1.807, 2.05) is 5.38 Å². The Hall–Kier alpha value is -0.540. The van der Waals surface area contributed by atoms with E-state index in [4.69, 9.17) is 0 Å². The molecular weight excluding hydrogens is 308 g/mol. The second-order valence-electron chi connectivity index (χ2n) is 5.23. The summed E-state index contributed by atoms with van der Waals surface area (Å²) in [6.45, 7) is 5.68. The molecule has 0 atom stereocenters. The van der Waals surface area contributed by atoms with Crippen molar-refractivity contribution in [3.8, 4) is 0 Å². The summed E-state index contributed by atoms with van der Waals surface area (Å²) >= 11 is 1.55. The minimum absolute atomic E-state index is 0.410. The first-order valence-corrected chi connectivity index (χ1v) is 9.77. The van der Waals surface area contributed by atoms with E-state index in [1.165, 1.54) is 0 Å². The van der Waals surface area contributed by atoms with Gasteiger partial charge < -0.3 is 5.32 Å². The Morgan fingerprint density at radius 3 is 2.81 bits per heavy atom. The third kappa shape index (κ3) is 5.30. The molecule has 0 bridgehead atoms. The normalized spacial score (nSPS) is 18.1. The molecule has 0 aliphatic carbocycles. The van der Waals surface area contributed by atoms with Gasteiger partial charge in [0.25, 0.3) is 10.2 Å². The lowest BCUT2D eigenvalue weighted by molar-refractivity contribution is 0.266. The van der Waals surface area contributed by atoms with Gasteiger partial charge in [-0.2, -0.15) is 12.7 Å². The second-order valence-corrected chi connectivity index (χ2v) is 7.96. The summed E-state index contributed by atoms with van der Waals surface area (Å²) in [4.78, 5) is 4.15. The summed E-state index contributed by atoms with van der Waals surface area (Å²) in [7, 11) is -3.34. The molecule has 1 aromatic rings. The van der Waals surface area contributed by atoms with Crippen molar-refractivity contribution in [3.05, 3.63) is 16.6 Å². The van der Waals surface area contributed by atoms with Crippen molar-refractivity contribution in [3.63, 3.8) is 0 Å². The molecule has 120 valence electrons. The molecule has 0 saturated carbocycles. The Morgan fingerprint density at radius 1 is 1.43 bits per heavy atom. The molecule has 1 aliphatic rings. The van der Waals surface area contributed by atoms with Crippen LogP contribution in [0.1, 0.15) is 24.8 Å². The molecule has 1 fully saturated rings. The molecule has 0 radical (unpaired) electrons. The topological polar surface area (TPSA) is 74.3 Å². The number of nitrogens with zero attached hydrogens (tertiary/aromatic N) is 2. The molecular formula is C13H24N4O2S2. The first kappa shape index (κ1) is 16.8. The SMILES string of the molecule is CCNCC1CCN(S(=O)(=O)NCCc2nccs2)CC1. The Labute approximate surface area is 131 Å². The molecule has 1 aromatic heterocycles. The Balaban J connectivity index is 1.73. The van der Waals surface area contributed by atoms with Gasteiger partial charge in [-0.15, -0.1) is 11.3 Å². The molecule has 1 saturated heterocycles. The average Bonchev–Trinajstić information content (AvgIpc) is 2.98. The van der Waals surface area contributed by atoms with Crippen LogP contribution in [0.15, 0.2) is 11.6 Å².